The lowest BCUT2D eigenvalue weighted by Gasteiger charge is -2.27. The molecule has 134 valence electrons. The van der Waals surface area contributed by atoms with Crippen LogP contribution < -0.4 is 22.9 Å². The van der Waals surface area contributed by atoms with Gasteiger partial charge in [-0.3, -0.25) is 9.36 Å². The van der Waals surface area contributed by atoms with E-state index in [-0.39, 0.29) is 17.1 Å². The molecule has 1 saturated heterocycles. The van der Waals surface area contributed by atoms with Gasteiger partial charge < -0.3 is 32.3 Å². The molecule has 0 aliphatic carbocycles. The van der Waals surface area contributed by atoms with E-state index in [9.17, 15) is 15.0 Å². The summed E-state index contributed by atoms with van der Waals surface area (Å²) in [5.41, 5.74) is 9.78. The van der Waals surface area contributed by atoms with Crippen LogP contribution >= 0.6 is 0 Å². The third-order valence-electron chi connectivity index (χ3n) is 4.22. The first kappa shape index (κ1) is 17.2. The Kier molecular flexibility index (Phi) is 3.92. The summed E-state index contributed by atoms with van der Waals surface area (Å²) in [6, 6.07) is 0. The maximum absolute atomic E-state index is 12.2. The highest BCUT2D eigenvalue weighted by atomic mass is 16.5. The van der Waals surface area contributed by atoms with Gasteiger partial charge in [0.05, 0.1) is 12.4 Å². The van der Waals surface area contributed by atoms with E-state index in [1.165, 1.54) is 17.8 Å². The van der Waals surface area contributed by atoms with Crippen molar-refractivity contribution in [1.82, 2.24) is 19.2 Å². The Morgan fingerprint density at radius 2 is 2.20 bits per heavy atom. The summed E-state index contributed by atoms with van der Waals surface area (Å²) in [5.74, 6) is 10.7. The molecule has 11 heteroatoms. The van der Waals surface area contributed by atoms with Gasteiger partial charge in [-0.05, 0) is 13.8 Å². The maximum atomic E-state index is 12.2. The lowest BCUT2D eigenvalue weighted by atomic mass is 9.90. The minimum absolute atomic E-state index is 0.0397. The van der Waals surface area contributed by atoms with Crippen LogP contribution in [0.25, 0.3) is 11.2 Å². The Bertz CT molecular complexity index is 940. The second kappa shape index (κ2) is 5.71. The van der Waals surface area contributed by atoms with Crippen LogP contribution in [0.1, 0.15) is 20.1 Å². The third kappa shape index (κ3) is 2.35. The lowest BCUT2D eigenvalue weighted by molar-refractivity contribution is -0.0756. The van der Waals surface area contributed by atoms with Crippen molar-refractivity contribution in [2.24, 2.45) is 5.73 Å². The molecular formula is C14H19N7O4. The SMILES string of the molecule is CC#C[C@@]1(N)C(O)[C@@H]([C@@H](C)O)O[C@H]1n1cnc2c(=O)n(N)c(N)nc21. The molecule has 0 spiro atoms. The summed E-state index contributed by atoms with van der Waals surface area (Å²) in [6.45, 7) is 3.02. The molecule has 3 rings (SSSR count). The first-order valence-corrected chi connectivity index (χ1v) is 7.47. The van der Waals surface area contributed by atoms with Crippen molar-refractivity contribution in [1.29, 1.82) is 0 Å². The molecule has 0 saturated carbocycles. The van der Waals surface area contributed by atoms with Crippen molar-refractivity contribution in [3.8, 4) is 11.8 Å². The molecule has 25 heavy (non-hydrogen) atoms. The Hall–Kier alpha value is -2.65. The van der Waals surface area contributed by atoms with Crippen molar-refractivity contribution in [3.63, 3.8) is 0 Å². The van der Waals surface area contributed by atoms with Gasteiger partial charge in [0.1, 0.15) is 12.2 Å². The molecule has 0 aromatic carbocycles. The highest BCUT2D eigenvalue weighted by Gasteiger charge is 2.55. The van der Waals surface area contributed by atoms with Gasteiger partial charge in [-0.1, -0.05) is 5.92 Å². The molecule has 5 atom stereocenters. The highest BCUT2D eigenvalue weighted by Crippen LogP contribution is 2.38. The van der Waals surface area contributed by atoms with Crippen LogP contribution in [0.4, 0.5) is 5.95 Å². The van der Waals surface area contributed by atoms with Gasteiger partial charge in [-0.25, -0.2) is 4.98 Å². The van der Waals surface area contributed by atoms with Crippen molar-refractivity contribution in [2.75, 3.05) is 11.6 Å². The second-order valence-corrected chi connectivity index (χ2v) is 5.92. The van der Waals surface area contributed by atoms with E-state index in [2.05, 4.69) is 21.8 Å². The number of aliphatic hydroxyl groups excluding tert-OH is 2. The summed E-state index contributed by atoms with van der Waals surface area (Å²) < 4.78 is 7.76. The summed E-state index contributed by atoms with van der Waals surface area (Å²) >= 11 is 0. The zero-order valence-electron chi connectivity index (χ0n) is 13.6. The molecule has 1 fully saturated rings. The summed E-state index contributed by atoms with van der Waals surface area (Å²) in [6.07, 6.45) is -3.05. The van der Waals surface area contributed by atoms with E-state index in [1.807, 2.05) is 0 Å². The van der Waals surface area contributed by atoms with E-state index < -0.39 is 35.6 Å². The fourth-order valence-corrected chi connectivity index (χ4v) is 2.95. The molecule has 8 N–H and O–H groups in total. The molecule has 1 aliphatic rings. The van der Waals surface area contributed by atoms with Gasteiger partial charge >= 0.3 is 5.56 Å². The quantitative estimate of drug-likeness (QED) is 0.283. The van der Waals surface area contributed by atoms with E-state index >= 15 is 0 Å². The molecule has 0 bridgehead atoms. The van der Waals surface area contributed by atoms with Crippen LogP contribution in [0.5, 0.6) is 0 Å². The summed E-state index contributed by atoms with van der Waals surface area (Å²) in [7, 11) is 0. The topological polar surface area (TPSA) is 180 Å². The average molecular weight is 349 g/mol. The van der Waals surface area contributed by atoms with Crippen molar-refractivity contribution >= 4 is 17.1 Å². The molecule has 1 aliphatic heterocycles. The monoisotopic (exact) mass is 349 g/mol. The third-order valence-corrected chi connectivity index (χ3v) is 4.22. The van der Waals surface area contributed by atoms with Gasteiger partial charge in [-0.15, -0.1) is 5.92 Å². The number of ether oxygens (including phenoxy) is 1. The van der Waals surface area contributed by atoms with Gasteiger partial charge in [0.2, 0.25) is 5.95 Å². The standard InChI is InChI=1S/C14H19N7O4/c1-3-4-14(16)9(23)8(6(2)22)25-12(14)20-5-18-7-10(20)19-13(15)21(17)11(7)24/h5-6,8-9,12,22-23H,16-17H2,1-2H3,(H2,15,19)/t6-,8-,9?,12-,14-/m1/s1. The van der Waals surface area contributed by atoms with E-state index in [0.717, 1.165) is 0 Å². The molecule has 3 heterocycles. The van der Waals surface area contributed by atoms with Gasteiger partial charge in [0.25, 0.3) is 0 Å². The van der Waals surface area contributed by atoms with Crippen LogP contribution in [-0.2, 0) is 4.74 Å². The summed E-state index contributed by atoms with van der Waals surface area (Å²) in [5, 5.41) is 20.4. The van der Waals surface area contributed by atoms with Crippen LogP contribution in [0.2, 0.25) is 0 Å². The van der Waals surface area contributed by atoms with Crippen molar-refractivity contribution in [2.45, 2.75) is 43.9 Å². The largest absolute Gasteiger partial charge is 0.391 e. The number of aromatic nitrogens is 4. The van der Waals surface area contributed by atoms with Gasteiger partial charge in [0, 0.05) is 0 Å². The fourth-order valence-electron chi connectivity index (χ4n) is 2.95. The second-order valence-electron chi connectivity index (χ2n) is 5.92. The van der Waals surface area contributed by atoms with E-state index in [4.69, 9.17) is 22.0 Å². The van der Waals surface area contributed by atoms with E-state index in [1.54, 1.807) is 6.92 Å². The van der Waals surface area contributed by atoms with Crippen molar-refractivity contribution < 1.29 is 14.9 Å². The Labute approximate surface area is 142 Å². The fraction of sp³-hybridized carbons (Fsp3) is 0.500. The minimum atomic E-state index is -1.56. The van der Waals surface area contributed by atoms with Gasteiger partial charge in [0.15, 0.2) is 22.9 Å². The number of hydrogen-bond donors (Lipinski definition) is 5. The number of rotatable bonds is 2. The predicted molar refractivity (Wildman–Crippen MR) is 88.3 cm³/mol. The van der Waals surface area contributed by atoms with Crippen LogP contribution in [-0.4, -0.2) is 53.3 Å². The van der Waals surface area contributed by atoms with Crippen LogP contribution in [0.3, 0.4) is 0 Å². The first-order chi connectivity index (χ1) is 11.7. The number of anilines is 1. The normalized spacial score (nSPS) is 30.2. The molecule has 2 aromatic rings. The number of hydrogen-bond acceptors (Lipinski definition) is 9. The summed E-state index contributed by atoms with van der Waals surface area (Å²) in [4.78, 5) is 20.2. The van der Waals surface area contributed by atoms with Crippen LogP contribution in [0.15, 0.2) is 11.1 Å². The number of fused-ring (bicyclic) bond motifs is 1. The molecule has 0 amide bonds. The zero-order chi connectivity index (χ0) is 18.5. The number of nitrogen functional groups attached to an aromatic ring is 2. The highest BCUT2D eigenvalue weighted by molar-refractivity contribution is 5.71. The molecule has 2 aromatic heterocycles. The number of imidazole rings is 1. The Morgan fingerprint density at radius 1 is 1.52 bits per heavy atom. The molecule has 1 unspecified atom stereocenters. The molecule has 0 radical (unpaired) electrons. The molecule has 11 nitrogen and oxygen atoms in total. The minimum Gasteiger partial charge on any atom is -0.391 e. The lowest BCUT2D eigenvalue weighted by Crippen LogP contribution is -2.54. The van der Waals surface area contributed by atoms with E-state index in [0.29, 0.717) is 4.68 Å². The van der Waals surface area contributed by atoms with Gasteiger partial charge in [-0.2, -0.15) is 9.66 Å². The Morgan fingerprint density at radius 3 is 2.80 bits per heavy atom. The predicted octanol–water partition coefficient (Wildman–Crippen LogP) is -2.75. The first-order valence-electron chi connectivity index (χ1n) is 7.47. The number of nitrogens with zero attached hydrogens (tertiary/aromatic N) is 4. The number of nitrogens with two attached hydrogens (primary N) is 3. The van der Waals surface area contributed by atoms with Crippen molar-refractivity contribution in [3.05, 3.63) is 16.7 Å². The molecular weight excluding hydrogens is 330 g/mol. The zero-order valence-corrected chi connectivity index (χ0v) is 13.6. The number of aliphatic hydroxyl groups is 2. The average Bonchev–Trinajstić information content (AvgIpc) is 3.06. The Balaban J connectivity index is 2.22. The smallest absolute Gasteiger partial charge is 0.301 e. The van der Waals surface area contributed by atoms with Crippen LogP contribution in [0, 0.1) is 11.8 Å². The maximum Gasteiger partial charge on any atom is 0.301 e.